The summed E-state index contributed by atoms with van der Waals surface area (Å²) in [4.78, 5) is 37.8. The number of phenols is 1. The van der Waals surface area contributed by atoms with Crippen LogP contribution in [0.1, 0.15) is 54.5 Å². The van der Waals surface area contributed by atoms with Gasteiger partial charge in [0.15, 0.2) is 10.8 Å². The summed E-state index contributed by atoms with van der Waals surface area (Å²) in [5, 5.41) is 23.7. The van der Waals surface area contributed by atoms with Crippen molar-refractivity contribution in [2.75, 3.05) is 16.8 Å². The smallest absolute Gasteiger partial charge is 0.355 e. The van der Waals surface area contributed by atoms with E-state index in [2.05, 4.69) is 21.4 Å². The number of anilines is 2. The number of carboxylic acids is 1. The number of carboxylic acid groups (broad SMARTS) is 1. The number of nitrogens with one attached hydrogen (secondary N) is 1. The maximum atomic E-state index is 13.4. The highest BCUT2D eigenvalue weighted by Crippen LogP contribution is 2.34. The first kappa shape index (κ1) is 24.8. The van der Waals surface area contributed by atoms with Gasteiger partial charge in [-0.25, -0.2) is 14.8 Å². The topological polar surface area (TPSA) is 116 Å². The monoisotopic (exact) mass is 538 g/mol. The van der Waals surface area contributed by atoms with Crippen molar-refractivity contribution in [3.05, 3.63) is 93.1 Å². The van der Waals surface area contributed by atoms with E-state index in [1.807, 2.05) is 29.2 Å². The standard InChI is InChI=1S/C30H26N4O4S/c1-17-19(7-5-10-24(17)35)20-12-13-26(32-27(20)29(37)38)34-15-14-18-6-4-8-21(22(18)16-34)28(36)33-30-31-23-9-2-3-11-25(23)39-30/h2,4-10,12-13,35H,3,11,14-16H2,1H3,(H,37,38)(H,31,33,36). The Bertz CT molecular complexity index is 1660. The Morgan fingerprint density at radius 2 is 1.87 bits per heavy atom. The number of amides is 1. The van der Waals surface area contributed by atoms with Crippen molar-refractivity contribution in [3.63, 3.8) is 0 Å². The number of allylic oxidation sites excluding steroid dienone is 1. The molecule has 4 aromatic rings. The average molecular weight is 539 g/mol. The third-order valence-electron chi connectivity index (χ3n) is 7.28. The first-order chi connectivity index (χ1) is 18.9. The summed E-state index contributed by atoms with van der Waals surface area (Å²) in [6, 6.07) is 14.3. The lowest BCUT2D eigenvalue weighted by atomic mass is 9.94. The van der Waals surface area contributed by atoms with Crippen LogP contribution in [0.15, 0.2) is 54.6 Å². The fraction of sp³-hybridized carbons (Fsp3) is 0.200. The summed E-state index contributed by atoms with van der Waals surface area (Å²) in [6.45, 7) is 2.81. The summed E-state index contributed by atoms with van der Waals surface area (Å²) in [5.74, 6) is -0.735. The number of carbonyl (C=O) groups excluding carboxylic acids is 1. The van der Waals surface area contributed by atoms with Crippen molar-refractivity contribution >= 4 is 40.2 Å². The second-order valence-corrected chi connectivity index (χ2v) is 10.7. The van der Waals surface area contributed by atoms with Crippen LogP contribution in [0.4, 0.5) is 10.9 Å². The van der Waals surface area contributed by atoms with E-state index in [1.165, 1.54) is 16.2 Å². The van der Waals surface area contributed by atoms with Crippen LogP contribution in [0.5, 0.6) is 5.75 Å². The lowest BCUT2D eigenvalue weighted by molar-refractivity contribution is 0.0691. The molecule has 3 N–H and O–H groups in total. The zero-order valence-electron chi connectivity index (χ0n) is 21.3. The molecule has 196 valence electrons. The van der Waals surface area contributed by atoms with Crippen molar-refractivity contribution in [1.29, 1.82) is 0 Å². The highest BCUT2D eigenvalue weighted by Gasteiger charge is 2.25. The van der Waals surface area contributed by atoms with E-state index in [0.29, 0.717) is 52.7 Å². The maximum Gasteiger partial charge on any atom is 0.355 e. The molecule has 0 unspecified atom stereocenters. The van der Waals surface area contributed by atoms with E-state index in [4.69, 9.17) is 0 Å². The van der Waals surface area contributed by atoms with Crippen molar-refractivity contribution in [2.45, 2.75) is 32.7 Å². The second kappa shape index (κ2) is 9.99. The minimum atomic E-state index is -1.15. The number of thiazole rings is 1. The molecule has 39 heavy (non-hydrogen) atoms. The van der Waals surface area contributed by atoms with E-state index in [1.54, 1.807) is 37.3 Å². The molecule has 0 spiro atoms. The molecule has 2 aromatic heterocycles. The number of rotatable bonds is 5. The molecular weight excluding hydrogens is 512 g/mol. The summed E-state index contributed by atoms with van der Waals surface area (Å²) in [7, 11) is 0. The Hall–Kier alpha value is -4.50. The number of benzene rings is 2. The first-order valence-electron chi connectivity index (χ1n) is 12.8. The van der Waals surface area contributed by atoms with Gasteiger partial charge in [-0.1, -0.05) is 30.3 Å². The number of aromatic hydroxyl groups is 1. The molecule has 0 atom stereocenters. The van der Waals surface area contributed by atoms with Crippen LogP contribution < -0.4 is 10.2 Å². The molecule has 0 fully saturated rings. The fourth-order valence-corrected chi connectivity index (χ4v) is 6.17. The number of aromatic nitrogens is 2. The van der Waals surface area contributed by atoms with Crippen LogP contribution in [-0.4, -0.2) is 38.6 Å². The first-order valence-corrected chi connectivity index (χ1v) is 13.6. The Balaban J connectivity index is 1.29. The zero-order valence-corrected chi connectivity index (χ0v) is 22.1. The van der Waals surface area contributed by atoms with Crippen molar-refractivity contribution in [1.82, 2.24) is 9.97 Å². The van der Waals surface area contributed by atoms with Crippen LogP contribution in [-0.2, 0) is 19.4 Å². The minimum Gasteiger partial charge on any atom is -0.508 e. The predicted octanol–water partition coefficient (Wildman–Crippen LogP) is 5.69. The number of hydrogen-bond acceptors (Lipinski definition) is 7. The lowest BCUT2D eigenvalue weighted by Crippen LogP contribution is -2.33. The molecule has 9 heteroatoms. The summed E-state index contributed by atoms with van der Waals surface area (Å²) in [6.07, 6.45) is 6.71. The molecule has 1 aliphatic carbocycles. The number of fused-ring (bicyclic) bond motifs is 2. The maximum absolute atomic E-state index is 13.4. The van der Waals surface area contributed by atoms with Gasteiger partial charge < -0.3 is 15.1 Å². The Labute approximate surface area is 229 Å². The number of carbonyl (C=O) groups is 2. The quantitative estimate of drug-likeness (QED) is 0.299. The van der Waals surface area contributed by atoms with Gasteiger partial charge in [0.2, 0.25) is 0 Å². The van der Waals surface area contributed by atoms with E-state index in [-0.39, 0.29) is 17.4 Å². The molecule has 0 bridgehead atoms. The van der Waals surface area contributed by atoms with Gasteiger partial charge in [-0.3, -0.25) is 10.1 Å². The molecule has 2 aromatic carbocycles. The molecule has 0 saturated heterocycles. The van der Waals surface area contributed by atoms with Gasteiger partial charge in [-0.15, -0.1) is 11.3 Å². The van der Waals surface area contributed by atoms with Crippen molar-refractivity contribution in [2.24, 2.45) is 0 Å². The number of phenolic OH excluding ortho intramolecular Hbond substituents is 1. The number of pyridine rings is 1. The largest absolute Gasteiger partial charge is 0.508 e. The third kappa shape index (κ3) is 4.66. The fourth-order valence-electron chi connectivity index (χ4n) is 5.21. The van der Waals surface area contributed by atoms with E-state index in [0.717, 1.165) is 29.7 Å². The highest BCUT2D eigenvalue weighted by atomic mass is 32.1. The van der Waals surface area contributed by atoms with Crippen LogP contribution in [0, 0.1) is 6.92 Å². The van der Waals surface area contributed by atoms with Crippen LogP contribution in [0.2, 0.25) is 0 Å². The van der Waals surface area contributed by atoms with Gasteiger partial charge in [-0.05, 0) is 78.8 Å². The molecule has 0 saturated carbocycles. The number of aryl methyl sites for hydroxylation is 1. The van der Waals surface area contributed by atoms with Gasteiger partial charge in [-0.2, -0.15) is 0 Å². The Morgan fingerprint density at radius 1 is 1.03 bits per heavy atom. The van der Waals surface area contributed by atoms with Crippen LogP contribution in [0.25, 0.3) is 17.2 Å². The van der Waals surface area contributed by atoms with E-state index >= 15 is 0 Å². The zero-order chi connectivity index (χ0) is 27.1. The second-order valence-electron chi connectivity index (χ2n) is 9.66. The van der Waals surface area contributed by atoms with Gasteiger partial charge in [0, 0.05) is 29.1 Å². The Kier molecular flexibility index (Phi) is 6.36. The molecular formula is C30H26N4O4S. The van der Waals surface area contributed by atoms with Crippen LogP contribution >= 0.6 is 11.3 Å². The lowest BCUT2D eigenvalue weighted by Gasteiger charge is -2.31. The number of nitrogens with zero attached hydrogens (tertiary/aromatic N) is 3. The molecule has 6 rings (SSSR count). The normalized spacial score (nSPS) is 14.0. The summed E-state index contributed by atoms with van der Waals surface area (Å²) in [5.41, 5.74) is 5.06. The number of hydrogen-bond donors (Lipinski definition) is 3. The van der Waals surface area contributed by atoms with E-state index in [9.17, 15) is 19.8 Å². The predicted molar refractivity (Wildman–Crippen MR) is 152 cm³/mol. The average Bonchev–Trinajstić information content (AvgIpc) is 3.36. The molecule has 0 radical (unpaired) electrons. The third-order valence-corrected chi connectivity index (χ3v) is 8.33. The molecule has 1 amide bonds. The van der Waals surface area contributed by atoms with Gasteiger partial charge in [0.05, 0.1) is 5.69 Å². The van der Waals surface area contributed by atoms with Gasteiger partial charge in [0.25, 0.3) is 5.91 Å². The number of aromatic carboxylic acids is 1. The summed E-state index contributed by atoms with van der Waals surface area (Å²) >= 11 is 1.51. The molecule has 2 aliphatic rings. The van der Waals surface area contributed by atoms with Crippen LogP contribution in [0.3, 0.4) is 0 Å². The summed E-state index contributed by atoms with van der Waals surface area (Å²) < 4.78 is 0. The molecule has 3 heterocycles. The van der Waals surface area contributed by atoms with Gasteiger partial charge in [0.1, 0.15) is 11.6 Å². The molecule has 8 nitrogen and oxygen atoms in total. The minimum absolute atomic E-state index is 0.0835. The Morgan fingerprint density at radius 3 is 2.69 bits per heavy atom. The SMILES string of the molecule is Cc1c(O)cccc1-c1ccc(N2CCc3cccc(C(=O)Nc4nc5c(s4)CCC=C5)c3C2)nc1C(=O)O. The van der Waals surface area contributed by atoms with Crippen molar-refractivity contribution in [3.8, 4) is 16.9 Å². The molecule has 1 aliphatic heterocycles. The highest BCUT2D eigenvalue weighted by molar-refractivity contribution is 7.16. The van der Waals surface area contributed by atoms with E-state index < -0.39 is 5.97 Å². The van der Waals surface area contributed by atoms with Gasteiger partial charge >= 0.3 is 5.97 Å². The van der Waals surface area contributed by atoms with Crippen molar-refractivity contribution < 1.29 is 19.8 Å².